The second-order valence-corrected chi connectivity index (χ2v) is 9.07. The highest BCUT2D eigenvalue weighted by Crippen LogP contribution is 2.31. The largest absolute Gasteiger partial charge is 0.368 e. The zero-order chi connectivity index (χ0) is 22.6. The smallest absolute Gasteiger partial charge is 0.257 e. The summed E-state index contributed by atoms with van der Waals surface area (Å²) in [5.74, 6) is -0.827. The lowest BCUT2D eigenvalue weighted by atomic mass is 10.0. The fraction of sp³-hybridized carbons (Fsp3) is 0.348. The van der Waals surface area contributed by atoms with Gasteiger partial charge in [0.15, 0.2) is 11.5 Å². The zero-order valence-corrected chi connectivity index (χ0v) is 18.6. The third-order valence-corrected chi connectivity index (χ3v) is 5.81. The molecule has 1 fully saturated rings. The minimum Gasteiger partial charge on any atom is -0.368 e. The number of benzene rings is 1. The van der Waals surface area contributed by atoms with Crippen molar-refractivity contribution in [2.75, 3.05) is 29.9 Å². The first-order valence-corrected chi connectivity index (χ1v) is 10.6. The van der Waals surface area contributed by atoms with Gasteiger partial charge >= 0.3 is 0 Å². The Morgan fingerprint density at radius 2 is 2.06 bits per heavy atom. The summed E-state index contributed by atoms with van der Waals surface area (Å²) < 4.78 is 17.7. The minimum atomic E-state index is -0.490. The van der Waals surface area contributed by atoms with Crippen LogP contribution in [0.3, 0.4) is 0 Å². The van der Waals surface area contributed by atoms with Crippen LogP contribution >= 0.6 is 0 Å². The average Bonchev–Trinajstić information content (AvgIpc) is 3.28. The molecule has 1 aliphatic heterocycles. The number of carbonyl (C=O) groups is 1. The molecule has 1 saturated heterocycles. The van der Waals surface area contributed by atoms with Crippen LogP contribution in [0.2, 0.25) is 0 Å². The van der Waals surface area contributed by atoms with E-state index in [9.17, 15) is 9.18 Å². The third-order valence-electron chi connectivity index (χ3n) is 5.81. The molecule has 32 heavy (non-hydrogen) atoms. The van der Waals surface area contributed by atoms with Crippen molar-refractivity contribution in [2.24, 2.45) is 7.05 Å². The molecule has 0 saturated carbocycles. The van der Waals surface area contributed by atoms with Crippen molar-refractivity contribution in [3.05, 3.63) is 53.9 Å². The van der Waals surface area contributed by atoms with Crippen LogP contribution in [0.1, 0.15) is 29.9 Å². The summed E-state index contributed by atoms with van der Waals surface area (Å²) in [6, 6.07) is 5.06. The lowest BCUT2D eigenvalue weighted by Crippen LogP contribution is -2.57. The molecule has 9 heteroatoms. The van der Waals surface area contributed by atoms with E-state index >= 15 is 0 Å². The SMILES string of the molecule is Cc1cn2cc(NC(=O)c3ccc(N4CCNC(C)(C)C4)c4cn(C)nc34)cc(F)c2n1. The summed E-state index contributed by atoms with van der Waals surface area (Å²) in [5, 5.41) is 11.8. The lowest BCUT2D eigenvalue weighted by Gasteiger charge is -2.40. The van der Waals surface area contributed by atoms with E-state index in [0.717, 1.165) is 30.7 Å². The molecular weight excluding hydrogens is 409 g/mol. The van der Waals surface area contributed by atoms with Gasteiger partial charge in [0, 0.05) is 68.0 Å². The van der Waals surface area contributed by atoms with Crippen LogP contribution in [0.25, 0.3) is 16.6 Å². The zero-order valence-electron chi connectivity index (χ0n) is 18.6. The summed E-state index contributed by atoms with van der Waals surface area (Å²) in [4.78, 5) is 19.6. The van der Waals surface area contributed by atoms with E-state index in [4.69, 9.17) is 0 Å². The highest BCUT2D eigenvalue weighted by atomic mass is 19.1. The van der Waals surface area contributed by atoms with Gasteiger partial charge in [0.2, 0.25) is 0 Å². The van der Waals surface area contributed by atoms with E-state index < -0.39 is 5.82 Å². The predicted molar refractivity (Wildman–Crippen MR) is 123 cm³/mol. The van der Waals surface area contributed by atoms with Crippen LogP contribution in [-0.4, -0.2) is 50.2 Å². The number of rotatable bonds is 3. The maximum atomic E-state index is 14.4. The van der Waals surface area contributed by atoms with Gasteiger partial charge in [-0.15, -0.1) is 0 Å². The summed E-state index contributed by atoms with van der Waals surface area (Å²) in [7, 11) is 1.85. The van der Waals surface area contributed by atoms with Gasteiger partial charge in [-0.3, -0.25) is 9.48 Å². The summed E-state index contributed by atoms with van der Waals surface area (Å²) in [6.07, 6.45) is 5.31. The van der Waals surface area contributed by atoms with Gasteiger partial charge in [0.25, 0.3) is 5.91 Å². The first-order chi connectivity index (χ1) is 15.2. The number of amides is 1. The highest BCUT2D eigenvalue weighted by molar-refractivity contribution is 6.13. The molecule has 2 N–H and O–H groups in total. The summed E-state index contributed by atoms with van der Waals surface area (Å²) in [6.45, 7) is 8.77. The molecule has 1 aliphatic rings. The normalized spacial score (nSPS) is 16.1. The molecule has 1 aromatic carbocycles. The second-order valence-electron chi connectivity index (χ2n) is 9.07. The Hall–Kier alpha value is -3.46. The first-order valence-electron chi connectivity index (χ1n) is 10.6. The number of halogens is 1. The molecule has 166 valence electrons. The van der Waals surface area contributed by atoms with Crippen LogP contribution in [0.15, 0.2) is 36.8 Å². The topological polar surface area (TPSA) is 79.5 Å². The van der Waals surface area contributed by atoms with Crippen molar-refractivity contribution >= 4 is 33.8 Å². The maximum absolute atomic E-state index is 14.4. The van der Waals surface area contributed by atoms with Crippen molar-refractivity contribution in [1.29, 1.82) is 0 Å². The summed E-state index contributed by atoms with van der Waals surface area (Å²) in [5.41, 5.74) is 3.41. The van der Waals surface area contributed by atoms with Crippen molar-refractivity contribution in [3.8, 4) is 0 Å². The molecule has 0 aliphatic carbocycles. The molecule has 5 rings (SSSR count). The number of pyridine rings is 1. The number of nitrogens with one attached hydrogen (secondary N) is 2. The number of aromatic nitrogens is 4. The molecule has 0 atom stereocenters. The monoisotopic (exact) mass is 435 g/mol. The van der Waals surface area contributed by atoms with Gasteiger partial charge in [-0.2, -0.15) is 5.10 Å². The van der Waals surface area contributed by atoms with Crippen molar-refractivity contribution in [2.45, 2.75) is 26.3 Å². The fourth-order valence-corrected chi connectivity index (χ4v) is 4.46. The number of carbonyl (C=O) groups excluding carboxylic acids is 1. The molecule has 0 bridgehead atoms. The number of aryl methyl sites for hydroxylation is 2. The van der Waals surface area contributed by atoms with E-state index in [-0.39, 0.29) is 17.1 Å². The quantitative estimate of drug-likeness (QED) is 0.517. The lowest BCUT2D eigenvalue weighted by molar-refractivity contribution is 0.102. The molecular formula is C23H26FN7O. The van der Waals surface area contributed by atoms with Gasteiger partial charge < -0.3 is 19.9 Å². The molecule has 4 aromatic rings. The average molecular weight is 436 g/mol. The van der Waals surface area contributed by atoms with Crippen LogP contribution in [-0.2, 0) is 7.05 Å². The van der Waals surface area contributed by atoms with E-state index in [2.05, 4.69) is 39.5 Å². The number of hydrogen-bond acceptors (Lipinski definition) is 5. The Bertz CT molecular complexity index is 1350. The molecule has 0 radical (unpaired) electrons. The molecule has 1 amide bonds. The molecule has 3 aromatic heterocycles. The standard InChI is InChI=1S/C23H26FN7O/c1-14-10-31-11-15(9-18(24)21(31)26-14)27-22(32)16-5-6-19(17-12-29(4)28-20(16)17)30-8-7-25-23(2,3)13-30/h5-6,9-12,25H,7-8,13H2,1-4H3,(H,27,32). The van der Waals surface area contributed by atoms with E-state index in [1.807, 2.05) is 19.3 Å². The fourth-order valence-electron chi connectivity index (χ4n) is 4.46. The first kappa shape index (κ1) is 20.4. The Morgan fingerprint density at radius 1 is 1.25 bits per heavy atom. The van der Waals surface area contributed by atoms with Gasteiger partial charge in [-0.05, 0) is 32.9 Å². The Morgan fingerprint density at radius 3 is 2.84 bits per heavy atom. The highest BCUT2D eigenvalue weighted by Gasteiger charge is 2.28. The van der Waals surface area contributed by atoms with Gasteiger partial charge in [0.1, 0.15) is 5.52 Å². The minimum absolute atomic E-state index is 0.00276. The predicted octanol–water partition coefficient (Wildman–Crippen LogP) is 3.11. The van der Waals surface area contributed by atoms with Crippen molar-refractivity contribution in [1.82, 2.24) is 24.5 Å². The van der Waals surface area contributed by atoms with Crippen LogP contribution < -0.4 is 15.5 Å². The second kappa shape index (κ2) is 7.30. The van der Waals surface area contributed by atoms with E-state index in [1.54, 1.807) is 34.5 Å². The Kier molecular flexibility index (Phi) is 4.67. The molecule has 8 nitrogen and oxygen atoms in total. The van der Waals surface area contributed by atoms with E-state index in [0.29, 0.717) is 22.5 Å². The number of piperazine rings is 1. The van der Waals surface area contributed by atoms with Gasteiger partial charge in [0.05, 0.1) is 16.9 Å². The molecule has 4 heterocycles. The van der Waals surface area contributed by atoms with Crippen LogP contribution in [0.5, 0.6) is 0 Å². The summed E-state index contributed by atoms with van der Waals surface area (Å²) >= 11 is 0. The molecule has 0 unspecified atom stereocenters. The van der Waals surface area contributed by atoms with Crippen molar-refractivity contribution < 1.29 is 9.18 Å². The number of nitrogens with zero attached hydrogens (tertiary/aromatic N) is 5. The number of imidazole rings is 1. The molecule has 0 spiro atoms. The number of fused-ring (bicyclic) bond motifs is 2. The number of hydrogen-bond donors (Lipinski definition) is 2. The number of anilines is 2. The Balaban J connectivity index is 1.50. The van der Waals surface area contributed by atoms with Gasteiger partial charge in [-0.1, -0.05) is 0 Å². The van der Waals surface area contributed by atoms with E-state index in [1.165, 1.54) is 6.07 Å². The van der Waals surface area contributed by atoms with Crippen LogP contribution in [0.4, 0.5) is 15.8 Å². The third kappa shape index (κ3) is 3.58. The Labute approximate surface area is 185 Å². The van der Waals surface area contributed by atoms with Crippen molar-refractivity contribution in [3.63, 3.8) is 0 Å². The maximum Gasteiger partial charge on any atom is 0.257 e. The van der Waals surface area contributed by atoms with Gasteiger partial charge in [-0.25, -0.2) is 9.37 Å². The van der Waals surface area contributed by atoms with Crippen LogP contribution in [0, 0.1) is 12.7 Å².